The van der Waals surface area contributed by atoms with Gasteiger partial charge in [-0.25, -0.2) is 4.98 Å². The van der Waals surface area contributed by atoms with Crippen LogP contribution in [0.5, 0.6) is 5.75 Å². The summed E-state index contributed by atoms with van der Waals surface area (Å²) < 4.78 is 33.3. The number of pyridine rings is 1. The molecule has 0 amide bonds. The molecule has 308 valence electrons. The summed E-state index contributed by atoms with van der Waals surface area (Å²) in [7, 11) is 3.88. The molecule has 2 aromatic heterocycles. The fourth-order valence-corrected chi connectivity index (χ4v) is 8.32. The Bertz CT molecular complexity index is 3180. The molecule has 7 aromatic carbocycles. The molecule has 0 saturated carbocycles. The minimum atomic E-state index is -2.32. The van der Waals surface area contributed by atoms with Crippen molar-refractivity contribution in [2.75, 3.05) is 0 Å². The number of hydrogen-bond acceptors (Lipinski definition) is 3. The molecule has 0 aliphatic carbocycles. The molecular weight excluding hydrogens is 938 g/mol. The summed E-state index contributed by atoms with van der Waals surface area (Å²) in [5.74, 6) is 1.24. The zero-order valence-corrected chi connectivity index (χ0v) is 38.1. The molecule has 2 heterocycles. The molecule has 4 nitrogen and oxygen atoms in total. The third kappa shape index (κ3) is 8.20. The van der Waals surface area contributed by atoms with Crippen molar-refractivity contribution >= 4 is 11.0 Å². The molecule has 9 rings (SSSR count). The second-order valence-electron chi connectivity index (χ2n) is 17.0. The van der Waals surface area contributed by atoms with Crippen LogP contribution in [0.1, 0.15) is 52.7 Å². The molecule has 0 saturated heterocycles. The van der Waals surface area contributed by atoms with E-state index in [1.165, 1.54) is 11.1 Å². The molecule has 9 aromatic rings. The quantitative estimate of drug-likeness (QED) is 0.142. The van der Waals surface area contributed by atoms with Gasteiger partial charge in [-0.15, -0.1) is 23.8 Å². The van der Waals surface area contributed by atoms with Gasteiger partial charge in [0.05, 0.1) is 28.0 Å². The van der Waals surface area contributed by atoms with Crippen molar-refractivity contribution in [2.24, 2.45) is 0 Å². The van der Waals surface area contributed by atoms with Gasteiger partial charge in [-0.05, 0) is 102 Å². The van der Waals surface area contributed by atoms with Gasteiger partial charge >= 0.3 is 21.1 Å². The van der Waals surface area contributed by atoms with E-state index >= 15 is 0 Å². The summed E-state index contributed by atoms with van der Waals surface area (Å²) in [5.41, 5.74) is 17.0. The Balaban J connectivity index is 0.00000576. The van der Waals surface area contributed by atoms with Gasteiger partial charge in [-0.1, -0.05) is 158 Å². The van der Waals surface area contributed by atoms with E-state index in [2.05, 4.69) is 155 Å². The van der Waals surface area contributed by atoms with E-state index in [1.54, 1.807) is 12.1 Å². The van der Waals surface area contributed by atoms with Gasteiger partial charge in [0, 0.05) is 21.6 Å². The topological polar surface area (TPSA) is 39.9 Å². The van der Waals surface area contributed by atoms with Crippen molar-refractivity contribution in [3.63, 3.8) is 0 Å². The summed E-state index contributed by atoms with van der Waals surface area (Å²) in [6.07, 6.45) is 1.86. The van der Waals surface area contributed by atoms with Gasteiger partial charge in [0.15, 0.2) is 0 Å². The molecule has 0 spiro atoms. The maximum atomic E-state index is 8.43. The van der Waals surface area contributed by atoms with E-state index in [1.807, 2.05) is 49.5 Å². The second kappa shape index (κ2) is 17.2. The third-order valence-electron chi connectivity index (χ3n) is 11.5. The Morgan fingerprint density at radius 3 is 2.03 bits per heavy atom. The van der Waals surface area contributed by atoms with Crippen molar-refractivity contribution < 1.29 is 29.9 Å². The minimum absolute atomic E-state index is 0. The van der Waals surface area contributed by atoms with Gasteiger partial charge in [-0.2, -0.15) is 7.11 Å². The van der Waals surface area contributed by atoms with Crippen LogP contribution in [0.15, 0.2) is 158 Å². The predicted molar refractivity (Wildman–Crippen MR) is 254 cm³/mol. The van der Waals surface area contributed by atoms with Crippen molar-refractivity contribution in [1.29, 1.82) is 0 Å². The van der Waals surface area contributed by atoms with Gasteiger partial charge in [0.25, 0.3) is 0 Å². The first-order valence-corrected chi connectivity index (χ1v) is 20.6. The maximum Gasteiger partial charge on any atom is 2.00 e. The zero-order chi connectivity index (χ0) is 44.9. The van der Waals surface area contributed by atoms with Crippen molar-refractivity contribution in [1.82, 2.24) is 14.5 Å². The molecule has 5 heteroatoms. The van der Waals surface area contributed by atoms with Gasteiger partial charge < -0.3 is 4.74 Å². The molecule has 0 aliphatic rings. The average Bonchev–Trinajstić information content (AvgIpc) is 3.68. The molecule has 0 atom stereocenters. The van der Waals surface area contributed by atoms with E-state index in [0.29, 0.717) is 11.6 Å². The number of hydrogen-bond donors (Lipinski definition) is 0. The first-order chi connectivity index (χ1) is 30.7. The summed E-state index contributed by atoms with van der Waals surface area (Å²) in [5, 5.41) is 0. The molecule has 0 aliphatic heterocycles. The van der Waals surface area contributed by atoms with Gasteiger partial charge in [0.1, 0.15) is 5.82 Å². The Morgan fingerprint density at radius 2 is 1.31 bits per heavy atom. The Hall–Kier alpha value is -6.35. The summed E-state index contributed by atoms with van der Waals surface area (Å²) in [4.78, 5) is 10.4. The molecule has 0 unspecified atom stereocenters. The molecule has 0 bridgehead atoms. The summed E-state index contributed by atoms with van der Waals surface area (Å²) >= 11 is 0. The third-order valence-corrected chi connectivity index (χ3v) is 11.5. The number of fused-ring (bicyclic) bond motifs is 1. The fraction of sp³-hybridized carbons (Fsp3) is 0.140. The average molecular weight is 990 g/mol. The van der Waals surface area contributed by atoms with E-state index < -0.39 is 6.85 Å². The molecule has 0 fully saturated rings. The van der Waals surface area contributed by atoms with Crippen molar-refractivity contribution in [3.8, 4) is 78.6 Å². The van der Waals surface area contributed by atoms with E-state index in [4.69, 9.17) is 18.8 Å². The van der Waals surface area contributed by atoms with Crippen LogP contribution in [0.4, 0.5) is 0 Å². The number of nitrogens with zero attached hydrogens (tertiary/aromatic N) is 3. The van der Waals surface area contributed by atoms with E-state index in [9.17, 15) is 0 Å². The Morgan fingerprint density at radius 1 is 0.613 bits per heavy atom. The number of benzene rings is 7. The number of aryl methyl sites for hydroxylation is 4. The van der Waals surface area contributed by atoms with Crippen LogP contribution in [-0.2, 0) is 26.5 Å². The Kier molecular flexibility index (Phi) is 10.7. The summed E-state index contributed by atoms with van der Waals surface area (Å²) in [6.45, 7) is 10.4. The Labute approximate surface area is 384 Å². The predicted octanol–water partition coefficient (Wildman–Crippen LogP) is 14.9. The molecule has 0 N–H and O–H groups in total. The first-order valence-electron chi connectivity index (χ1n) is 22.1. The van der Waals surface area contributed by atoms with E-state index in [0.717, 1.165) is 89.2 Å². The van der Waals surface area contributed by atoms with Gasteiger partial charge in [0.2, 0.25) is 0 Å². The normalized spacial score (nSPS) is 12.3. The SMILES string of the molecule is [2H]C([2H])([2H])c1ccc(-n2c(-c3cc(C)cc(C)c3O[CH2-])nc3c(-c4[c-]c(-c5cc(-c6ccc(C)cc6)ccn5)cc(-c5ccccc5)c4)cccc32)c(-c2ccc(C(C)(C)C)cc2)c1.[Pt+2]. The number of ether oxygens (including phenoxy) is 1. The monoisotopic (exact) mass is 989 g/mol. The van der Waals surface area contributed by atoms with Crippen molar-refractivity contribution in [2.45, 2.75) is 53.8 Å². The van der Waals surface area contributed by atoms with E-state index in [-0.39, 0.29) is 32.0 Å². The fourth-order valence-electron chi connectivity index (χ4n) is 8.32. The van der Waals surface area contributed by atoms with Crippen LogP contribution < -0.4 is 4.74 Å². The molecule has 62 heavy (non-hydrogen) atoms. The van der Waals surface area contributed by atoms with Crippen LogP contribution in [0, 0.1) is 40.8 Å². The van der Waals surface area contributed by atoms with Gasteiger partial charge in [-0.3, -0.25) is 9.55 Å². The van der Waals surface area contributed by atoms with Crippen LogP contribution in [-0.4, -0.2) is 14.5 Å². The number of imidazole rings is 1. The second-order valence-corrected chi connectivity index (χ2v) is 17.0. The van der Waals surface area contributed by atoms with Crippen LogP contribution in [0.3, 0.4) is 0 Å². The zero-order valence-electron chi connectivity index (χ0n) is 38.8. The number of aromatic nitrogens is 3. The molecule has 0 radical (unpaired) electrons. The van der Waals surface area contributed by atoms with Crippen LogP contribution in [0.25, 0.3) is 83.9 Å². The summed E-state index contributed by atoms with van der Waals surface area (Å²) in [6, 6.07) is 55.4. The smallest absolute Gasteiger partial charge is 0.665 e. The number of para-hydroxylation sites is 1. The molecular formula is C57H49N3OPt. The first kappa shape index (κ1) is 38.6. The maximum absolute atomic E-state index is 8.43. The number of rotatable bonds is 8. The standard InChI is InChI=1S/C57H49N3O.Pt/c1-36-17-20-41(21-18-36)43-27-28-58-51(35-43)46-33-44(40-13-10-9-11-14-40)32-45(34-46)48-15-12-16-53-54(48)59-56(50-31-38(3)29-39(4)55(50)61-8)60(53)52-26-19-37(2)30-49(52)42-22-24-47(25-23-42)57(5,6)7;/h9-33,35H,8H2,1-7H3;/q-2;+2/i2D3;. The van der Waals surface area contributed by atoms with Crippen LogP contribution >= 0.6 is 0 Å². The minimum Gasteiger partial charge on any atom is -0.665 e. The largest absolute Gasteiger partial charge is 2.00 e. The van der Waals surface area contributed by atoms with Crippen molar-refractivity contribution in [3.05, 3.63) is 199 Å². The van der Waals surface area contributed by atoms with Crippen LogP contribution in [0.2, 0.25) is 0 Å².